The third-order valence-corrected chi connectivity index (χ3v) is 4.12. The van der Waals surface area contributed by atoms with Gasteiger partial charge in [-0.3, -0.25) is 4.68 Å². The third-order valence-electron chi connectivity index (χ3n) is 4.12. The lowest BCUT2D eigenvalue weighted by Gasteiger charge is -2.38. The van der Waals surface area contributed by atoms with E-state index in [9.17, 15) is 5.11 Å². The van der Waals surface area contributed by atoms with Crippen LogP contribution in [0.1, 0.15) is 18.9 Å². The Morgan fingerprint density at radius 1 is 1.38 bits per heavy atom. The zero-order chi connectivity index (χ0) is 14.8. The lowest BCUT2D eigenvalue weighted by molar-refractivity contribution is 0.151. The quantitative estimate of drug-likeness (QED) is 0.897. The summed E-state index contributed by atoms with van der Waals surface area (Å²) in [4.78, 5) is 2.30. The molecule has 0 saturated carbocycles. The first-order valence-electron chi connectivity index (χ1n) is 7.44. The van der Waals surface area contributed by atoms with E-state index in [0.717, 1.165) is 12.8 Å². The van der Waals surface area contributed by atoms with Crippen LogP contribution >= 0.6 is 0 Å². The van der Waals surface area contributed by atoms with Crippen molar-refractivity contribution in [3.63, 3.8) is 0 Å². The first-order valence-corrected chi connectivity index (χ1v) is 7.44. The molecule has 2 heterocycles. The van der Waals surface area contributed by atoms with Crippen molar-refractivity contribution in [3.8, 4) is 0 Å². The first kappa shape index (κ1) is 13.9. The minimum atomic E-state index is -0.474. The molecule has 112 valence electrons. The highest BCUT2D eigenvalue weighted by atomic mass is 16.3. The van der Waals surface area contributed by atoms with Gasteiger partial charge in [-0.15, -0.1) is 0 Å². The normalized spacial score (nSPS) is 19.3. The summed E-state index contributed by atoms with van der Waals surface area (Å²) in [7, 11) is 0. The minimum absolute atomic E-state index is 0.442. The topological polar surface area (TPSA) is 67.3 Å². The summed E-state index contributed by atoms with van der Waals surface area (Å²) >= 11 is 0. The zero-order valence-corrected chi connectivity index (χ0v) is 12.3. The van der Waals surface area contributed by atoms with Gasteiger partial charge in [-0.05, 0) is 31.4 Å². The van der Waals surface area contributed by atoms with Crippen LogP contribution in [0.25, 0.3) is 0 Å². The zero-order valence-electron chi connectivity index (χ0n) is 12.3. The molecule has 0 radical (unpaired) electrons. The summed E-state index contributed by atoms with van der Waals surface area (Å²) in [6.45, 7) is 3.29. The Labute approximate surface area is 125 Å². The van der Waals surface area contributed by atoms with E-state index in [1.165, 1.54) is 11.3 Å². The van der Waals surface area contributed by atoms with Gasteiger partial charge in [-0.1, -0.05) is 18.2 Å². The highest BCUT2D eigenvalue weighted by Gasteiger charge is 2.24. The fourth-order valence-electron chi connectivity index (χ4n) is 3.02. The van der Waals surface area contributed by atoms with Crippen LogP contribution < -0.4 is 10.6 Å². The number of rotatable bonds is 4. The first-order chi connectivity index (χ1) is 10.1. The lowest BCUT2D eigenvalue weighted by Crippen LogP contribution is -2.43. The molecule has 0 amide bonds. The standard InChI is InChI=1S/C16H22N4O/c1-12-6-7-13-4-2-3-5-16(13)20(12)11-15(21)10-19-9-14(17)8-18-19/h2-5,8-9,12,15,21H,6-7,10-11,17H2,1H3. The fraction of sp³-hybridized carbons (Fsp3) is 0.438. The highest BCUT2D eigenvalue weighted by molar-refractivity contribution is 5.56. The van der Waals surface area contributed by atoms with Gasteiger partial charge in [0.05, 0.1) is 24.5 Å². The maximum atomic E-state index is 10.4. The molecule has 1 aromatic carbocycles. The monoisotopic (exact) mass is 286 g/mol. The maximum absolute atomic E-state index is 10.4. The Hall–Kier alpha value is -2.01. The Kier molecular flexibility index (Phi) is 3.84. The van der Waals surface area contributed by atoms with Crippen LogP contribution in [0.5, 0.6) is 0 Å². The van der Waals surface area contributed by atoms with Crippen molar-refractivity contribution in [1.82, 2.24) is 9.78 Å². The number of anilines is 2. The van der Waals surface area contributed by atoms with Crippen molar-refractivity contribution in [2.45, 2.75) is 38.5 Å². The van der Waals surface area contributed by atoms with Gasteiger partial charge in [-0.25, -0.2) is 0 Å². The van der Waals surface area contributed by atoms with E-state index in [4.69, 9.17) is 5.73 Å². The number of benzene rings is 1. The molecule has 0 saturated heterocycles. The Balaban J connectivity index is 1.71. The van der Waals surface area contributed by atoms with Crippen LogP contribution in [-0.2, 0) is 13.0 Å². The van der Waals surface area contributed by atoms with E-state index < -0.39 is 6.10 Å². The number of aromatic nitrogens is 2. The Bertz CT molecular complexity index is 610. The molecule has 2 atom stereocenters. The molecule has 1 aromatic heterocycles. The van der Waals surface area contributed by atoms with Gasteiger partial charge in [0.1, 0.15) is 0 Å². The molecule has 2 unspecified atom stereocenters. The van der Waals surface area contributed by atoms with Crippen LogP contribution in [0.15, 0.2) is 36.7 Å². The number of fused-ring (bicyclic) bond motifs is 1. The Morgan fingerprint density at radius 3 is 2.95 bits per heavy atom. The molecule has 1 aliphatic rings. The summed E-state index contributed by atoms with van der Waals surface area (Å²) in [6, 6.07) is 8.90. The van der Waals surface area contributed by atoms with E-state index in [0.29, 0.717) is 24.8 Å². The van der Waals surface area contributed by atoms with Gasteiger partial charge >= 0.3 is 0 Å². The van der Waals surface area contributed by atoms with Gasteiger partial charge in [0.25, 0.3) is 0 Å². The number of hydrogen-bond acceptors (Lipinski definition) is 4. The molecule has 0 bridgehead atoms. The van der Waals surface area contributed by atoms with E-state index in [2.05, 4.69) is 41.2 Å². The number of nitrogens with zero attached hydrogens (tertiary/aromatic N) is 3. The third kappa shape index (κ3) is 3.03. The molecule has 0 aliphatic carbocycles. The second-order valence-electron chi connectivity index (χ2n) is 5.82. The molecule has 0 spiro atoms. The van der Waals surface area contributed by atoms with Crippen LogP contribution in [-0.4, -0.2) is 33.6 Å². The van der Waals surface area contributed by atoms with Crippen molar-refractivity contribution >= 4 is 11.4 Å². The number of aliphatic hydroxyl groups is 1. The minimum Gasteiger partial charge on any atom is -0.396 e. The van der Waals surface area contributed by atoms with E-state index in [-0.39, 0.29) is 0 Å². The predicted molar refractivity (Wildman–Crippen MR) is 84.2 cm³/mol. The molecule has 5 nitrogen and oxygen atoms in total. The molecule has 2 aromatic rings. The predicted octanol–water partition coefficient (Wildman–Crippen LogP) is 1.67. The largest absolute Gasteiger partial charge is 0.396 e. The second kappa shape index (κ2) is 5.77. The van der Waals surface area contributed by atoms with Gasteiger partial charge < -0.3 is 15.7 Å². The number of nitrogens with two attached hydrogens (primary N) is 1. The molecular formula is C16H22N4O. The number of aryl methyl sites for hydroxylation is 1. The summed E-state index contributed by atoms with van der Waals surface area (Å²) in [5, 5.41) is 14.5. The van der Waals surface area contributed by atoms with Crippen molar-refractivity contribution < 1.29 is 5.11 Å². The van der Waals surface area contributed by atoms with E-state index in [1.807, 2.05) is 0 Å². The van der Waals surface area contributed by atoms with Gasteiger partial charge in [-0.2, -0.15) is 5.10 Å². The number of para-hydroxylation sites is 1. The van der Waals surface area contributed by atoms with Crippen molar-refractivity contribution in [2.24, 2.45) is 0 Å². The number of aliphatic hydroxyl groups excluding tert-OH is 1. The number of β-amino-alcohol motifs (C(OH)–C–C–N with tert-alkyl or cyclic N) is 1. The lowest BCUT2D eigenvalue weighted by atomic mass is 9.96. The van der Waals surface area contributed by atoms with Crippen LogP contribution in [0.3, 0.4) is 0 Å². The average Bonchev–Trinajstić information content (AvgIpc) is 2.87. The molecule has 21 heavy (non-hydrogen) atoms. The van der Waals surface area contributed by atoms with Crippen molar-refractivity contribution in [2.75, 3.05) is 17.2 Å². The second-order valence-corrected chi connectivity index (χ2v) is 5.82. The summed E-state index contributed by atoms with van der Waals surface area (Å²) in [5.41, 5.74) is 8.88. The van der Waals surface area contributed by atoms with Gasteiger partial charge in [0, 0.05) is 24.5 Å². The van der Waals surface area contributed by atoms with Crippen LogP contribution in [0, 0.1) is 0 Å². The summed E-state index contributed by atoms with van der Waals surface area (Å²) in [6.07, 6.45) is 5.11. The number of hydrogen-bond donors (Lipinski definition) is 2. The van der Waals surface area contributed by atoms with E-state index >= 15 is 0 Å². The van der Waals surface area contributed by atoms with Crippen LogP contribution in [0.4, 0.5) is 11.4 Å². The Morgan fingerprint density at radius 2 is 2.19 bits per heavy atom. The van der Waals surface area contributed by atoms with Gasteiger partial charge in [0.2, 0.25) is 0 Å². The molecule has 3 rings (SSSR count). The smallest absolute Gasteiger partial charge is 0.0910 e. The van der Waals surface area contributed by atoms with Crippen LogP contribution in [0.2, 0.25) is 0 Å². The maximum Gasteiger partial charge on any atom is 0.0910 e. The SMILES string of the molecule is CC1CCc2ccccc2N1CC(O)Cn1cc(N)cn1. The molecule has 3 N–H and O–H groups in total. The molecular weight excluding hydrogens is 264 g/mol. The van der Waals surface area contributed by atoms with E-state index in [1.54, 1.807) is 17.1 Å². The fourth-order valence-corrected chi connectivity index (χ4v) is 3.02. The molecule has 0 fully saturated rings. The molecule has 1 aliphatic heterocycles. The average molecular weight is 286 g/mol. The van der Waals surface area contributed by atoms with Crippen molar-refractivity contribution in [3.05, 3.63) is 42.2 Å². The summed E-state index contributed by atoms with van der Waals surface area (Å²) < 4.78 is 1.69. The van der Waals surface area contributed by atoms with Crippen molar-refractivity contribution in [1.29, 1.82) is 0 Å². The summed E-state index contributed by atoms with van der Waals surface area (Å²) in [5.74, 6) is 0. The number of nitrogen functional groups attached to an aromatic ring is 1. The highest BCUT2D eigenvalue weighted by Crippen LogP contribution is 2.30. The molecule has 5 heteroatoms. The van der Waals surface area contributed by atoms with Gasteiger partial charge in [0.15, 0.2) is 0 Å².